The van der Waals surface area contributed by atoms with Crippen molar-refractivity contribution in [3.8, 4) is 5.75 Å². The number of hydrogen-bond donors (Lipinski definition) is 2. The van der Waals surface area contributed by atoms with Crippen molar-refractivity contribution < 1.29 is 19.1 Å². The van der Waals surface area contributed by atoms with E-state index in [0.717, 1.165) is 5.56 Å². The second-order valence-electron chi connectivity index (χ2n) is 5.75. The molecule has 0 saturated heterocycles. The molecule has 1 unspecified atom stereocenters. The first-order valence-corrected chi connectivity index (χ1v) is 9.40. The Balaban J connectivity index is 2.62. The normalized spacial score (nSPS) is 17.2. The van der Waals surface area contributed by atoms with Gasteiger partial charge in [-0.05, 0) is 62.4 Å². The Morgan fingerprint density at radius 2 is 1.88 bits per heavy atom. The first-order chi connectivity index (χ1) is 11.8. The highest BCUT2D eigenvalue weighted by molar-refractivity contribution is 9.11. The molecule has 0 bridgehead atoms. The van der Waals surface area contributed by atoms with Gasteiger partial charge in [0.2, 0.25) is 0 Å². The van der Waals surface area contributed by atoms with Crippen molar-refractivity contribution in [2.75, 3.05) is 13.7 Å². The van der Waals surface area contributed by atoms with Gasteiger partial charge in [0.05, 0.1) is 34.3 Å². The molecule has 0 radical (unpaired) electrons. The Bertz CT molecular complexity index is 708. The molecule has 25 heavy (non-hydrogen) atoms. The third kappa shape index (κ3) is 4.17. The van der Waals surface area contributed by atoms with Gasteiger partial charge in [-0.3, -0.25) is 0 Å². The molecule has 0 spiro atoms. The number of benzene rings is 1. The number of halogens is 2. The third-order valence-electron chi connectivity index (χ3n) is 3.73. The number of urea groups is 1. The van der Waals surface area contributed by atoms with Crippen LogP contribution in [0.1, 0.15) is 32.4 Å². The molecule has 8 heteroatoms. The van der Waals surface area contributed by atoms with Crippen LogP contribution in [0, 0.1) is 5.92 Å². The number of carbonyl (C=O) groups is 2. The number of nitrogens with one attached hydrogen (secondary N) is 2. The number of allylic oxidation sites excluding steroid dienone is 1. The first kappa shape index (κ1) is 19.8. The third-order valence-corrected chi connectivity index (χ3v) is 4.91. The van der Waals surface area contributed by atoms with E-state index in [1.807, 2.05) is 26.0 Å². The smallest absolute Gasteiger partial charge is 0.338 e. The van der Waals surface area contributed by atoms with Crippen molar-refractivity contribution in [2.24, 2.45) is 5.92 Å². The van der Waals surface area contributed by atoms with Gasteiger partial charge in [0, 0.05) is 5.70 Å². The van der Waals surface area contributed by atoms with Crippen LogP contribution in [0.15, 0.2) is 32.3 Å². The molecule has 1 atom stereocenters. The van der Waals surface area contributed by atoms with Gasteiger partial charge >= 0.3 is 12.0 Å². The van der Waals surface area contributed by atoms with Crippen LogP contribution in [-0.4, -0.2) is 25.7 Å². The molecule has 1 aromatic carbocycles. The van der Waals surface area contributed by atoms with E-state index in [9.17, 15) is 9.59 Å². The fourth-order valence-corrected chi connectivity index (χ4v) is 4.21. The fraction of sp³-hybridized carbons (Fsp3) is 0.412. The van der Waals surface area contributed by atoms with E-state index in [2.05, 4.69) is 42.5 Å². The van der Waals surface area contributed by atoms with Gasteiger partial charge < -0.3 is 20.1 Å². The van der Waals surface area contributed by atoms with E-state index >= 15 is 0 Å². The van der Waals surface area contributed by atoms with Crippen molar-refractivity contribution in [3.05, 3.63) is 37.9 Å². The van der Waals surface area contributed by atoms with E-state index in [1.54, 1.807) is 14.0 Å². The van der Waals surface area contributed by atoms with Crippen LogP contribution in [0.5, 0.6) is 5.75 Å². The highest BCUT2D eigenvalue weighted by Gasteiger charge is 2.35. The molecular weight excluding hydrogens is 456 g/mol. The monoisotopic (exact) mass is 474 g/mol. The maximum absolute atomic E-state index is 12.6. The highest BCUT2D eigenvalue weighted by Crippen LogP contribution is 2.39. The Morgan fingerprint density at radius 3 is 2.36 bits per heavy atom. The van der Waals surface area contributed by atoms with Crippen LogP contribution < -0.4 is 15.4 Å². The minimum Gasteiger partial charge on any atom is -0.494 e. The standard InChI is InChI=1S/C17H20Br2N2O4/c1-5-25-16(22)12-13(8(2)3)20-17(23)21-14(12)9-6-10(18)15(24-4)11(19)7-9/h6-8,14H,5H2,1-4H3,(H2,20,21,23). The number of esters is 1. The van der Waals surface area contributed by atoms with Crippen molar-refractivity contribution >= 4 is 43.9 Å². The number of hydrogen-bond acceptors (Lipinski definition) is 4. The summed E-state index contributed by atoms with van der Waals surface area (Å²) >= 11 is 6.91. The van der Waals surface area contributed by atoms with Crippen LogP contribution in [0.3, 0.4) is 0 Å². The summed E-state index contributed by atoms with van der Waals surface area (Å²) in [6, 6.07) is 2.65. The lowest BCUT2D eigenvalue weighted by Crippen LogP contribution is -2.47. The van der Waals surface area contributed by atoms with Crippen molar-refractivity contribution in [1.29, 1.82) is 0 Å². The summed E-state index contributed by atoms with van der Waals surface area (Å²) in [5, 5.41) is 5.54. The molecule has 1 aromatic rings. The Morgan fingerprint density at radius 1 is 1.28 bits per heavy atom. The lowest BCUT2D eigenvalue weighted by atomic mass is 9.91. The maximum atomic E-state index is 12.6. The lowest BCUT2D eigenvalue weighted by molar-refractivity contribution is -0.139. The van der Waals surface area contributed by atoms with E-state index in [4.69, 9.17) is 9.47 Å². The van der Waals surface area contributed by atoms with Gasteiger partial charge in [-0.25, -0.2) is 9.59 Å². The summed E-state index contributed by atoms with van der Waals surface area (Å²) in [6.07, 6.45) is 0. The second kappa shape index (κ2) is 8.23. The van der Waals surface area contributed by atoms with Crippen LogP contribution >= 0.6 is 31.9 Å². The molecule has 2 amide bonds. The van der Waals surface area contributed by atoms with Crippen LogP contribution in [0.4, 0.5) is 4.79 Å². The van der Waals surface area contributed by atoms with Gasteiger partial charge in [-0.15, -0.1) is 0 Å². The topological polar surface area (TPSA) is 76.7 Å². The zero-order valence-corrected chi connectivity index (χ0v) is 17.6. The fourth-order valence-electron chi connectivity index (χ4n) is 2.67. The summed E-state index contributed by atoms with van der Waals surface area (Å²) in [5.41, 5.74) is 1.70. The molecule has 6 nitrogen and oxygen atoms in total. The molecule has 1 heterocycles. The van der Waals surface area contributed by atoms with E-state index in [1.165, 1.54) is 0 Å². The number of amides is 2. The van der Waals surface area contributed by atoms with Gasteiger partial charge in [-0.1, -0.05) is 13.8 Å². The molecular formula is C17H20Br2N2O4. The maximum Gasteiger partial charge on any atom is 0.338 e. The SMILES string of the molecule is CCOC(=O)C1=C(C(C)C)NC(=O)NC1c1cc(Br)c(OC)c(Br)c1. The van der Waals surface area contributed by atoms with E-state index < -0.39 is 12.0 Å². The van der Waals surface area contributed by atoms with Gasteiger partial charge in [0.1, 0.15) is 5.75 Å². The molecule has 0 saturated carbocycles. The average molecular weight is 476 g/mol. The molecule has 0 aliphatic carbocycles. The van der Waals surface area contributed by atoms with Crippen LogP contribution in [0.2, 0.25) is 0 Å². The average Bonchev–Trinajstić information content (AvgIpc) is 2.53. The molecule has 1 aliphatic heterocycles. The molecule has 0 fully saturated rings. The summed E-state index contributed by atoms with van der Waals surface area (Å²) < 4.78 is 12.0. The molecule has 2 rings (SSSR count). The van der Waals surface area contributed by atoms with E-state index in [0.29, 0.717) is 26.0 Å². The number of carbonyl (C=O) groups excluding carboxylic acids is 2. The summed E-state index contributed by atoms with van der Waals surface area (Å²) in [4.78, 5) is 24.7. The van der Waals surface area contributed by atoms with Gasteiger partial charge in [-0.2, -0.15) is 0 Å². The highest BCUT2D eigenvalue weighted by atomic mass is 79.9. The molecule has 136 valence electrons. The van der Waals surface area contributed by atoms with Crippen LogP contribution in [-0.2, 0) is 9.53 Å². The van der Waals surface area contributed by atoms with Crippen molar-refractivity contribution in [1.82, 2.24) is 10.6 Å². The summed E-state index contributed by atoms with van der Waals surface area (Å²) in [5.74, 6) is 0.139. The predicted octanol–water partition coefficient (Wildman–Crippen LogP) is 4.05. The van der Waals surface area contributed by atoms with Gasteiger partial charge in [0.25, 0.3) is 0 Å². The number of rotatable bonds is 5. The zero-order chi connectivity index (χ0) is 18.7. The summed E-state index contributed by atoms with van der Waals surface area (Å²) in [7, 11) is 1.57. The minimum absolute atomic E-state index is 0.0434. The first-order valence-electron chi connectivity index (χ1n) is 7.81. The van der Waals surface area contributed by atoms with Crippen LogP contribution in [0.25, 0.3) is 0 Å². The molecule has 0 aromatic heterocycles. The lowest BCUT2D eigenvalue weighted by Gasteiger charge is -2.31. The summed E-state index contributed by atoms with van der Waals surface area (Å²) in [6.45, 7) is 5.83. The minimum atomic E-state index is -0.622. The molecule has 1 aliphatic rings. The zero-order valence-electron chi connectivity index (χ0n) is 14.4. The molecule has 2 N–H and O–H groups in total. The van der Waals surface area contributed by atoms with E-state index in [-0.39, 0.29) is 18.6 Å². The number of ether oxygens (including phenoxy) is 2. The van der Waals surface area contributed by atoms with Crippen molar-refractivity contribution in [2.45, 2.75) is 26.8 Å². The Labute approximate surface area is 163 Å². The second-order valence-corrected chi connectivity index (χ2v) is 7.46. The predicted molar refractivity (Wildman–Crippen MR) is 101 cm³/mol. The number of methoxy groups -OCH3 is 1. The van der Waals surface area contributed by atoms with Gasteiger partial charge in [0.15, 0.2) is 0 Å². The quantitative estimate of drug-likeness (QED) is 0.630. The van der Waals surface area contributed by atoms with Crippen molar-refractivity contribution in [3.63, 3.8) is 0 Å². The Hall–Kier alpha value is -1.54. The largest absolute Gasteiger partial charge is 0.494 e. The Kier molecular flexibility index (Phi) is 6.51.